The number of aryl methyl sites for hydroxylation is 1. The van der Waals surface area contributed by atoms with Crippen LogP contribution in [0.2, 0.25) is 0 Å². The Bertz CT molecular complexity index is 397. The van der Waals surface area contributed by atoms with Gasteiger partial charge in [-0.3, -0.25) is 0 Å². The van der Waals surface area contributed by atoms with Crippen LogP contribution in [0.5, 0.6) is 5.75 Å². The van der Waals surface area contributed by atoms with Crippen molar-refractivity contribution in [2.75, 3.05) is 6.54 Å². The second-order valence-corrected chi connectivity index (χ2v) is 5.54. The molecule has 16 heavy (non-hydrogen) atoms. The van der Waals surface area contributed by atoms with E-state index in [9.17, 15) is 5.11 Å². The lowest BCUT2D eigenvalue weighted by molar-refractivity contribution is 0.392. The molecule has 1 saturated heterocycles. The molecule has 1 aliphatic heterocycles. The summed E-state index contributed by atoms with van der Waals surface area (Å²) in [5.74, 6) is 0.383. The Hall–Kier alpha value is -0.540. The first kappa shape index (κ1) is 11.9. The van der Waals surface area contributed by atoms with Gasteiger partial charge in [0.1, 0.15) is 5.75 Å². The summed E-state index contributed by atoms with van der Waals surface area (Å²) in [7, 11) is 0. The molecule has 0 radical (unpaired) electrons. The van der Waals surface area contributed by atoms with E-state index in [0.717, 1.165) is 29.4 Å². The van der Waals surface area contributed by atoms with Crippen LogP contribution in [-0.2, 0) is 12.0 Å². The van der Waals surface area contributed by atoms with E-state index in [1.807, 2.05) is 6.07 Å². The Labute approximate surface area is 105 Å². The third-order valence-electron chi connectivity index (χ3n) is 3.49. The zero-order chi connectivity index (χ0) is 11.8. The Morgan fingerprint density at radius 2 is 2.25 bits per heavy atom. The molecule has 0 amide bonds. The fraction of sp³-hybridized carbons (Fsp3) is 0.538. The number of rotatable bonds is 2. The molecule has 1 aromatic carbocycles. The molecule has 0 aliphatic carbocycles. The number of hydrogen-bond donors (Lipinski definition) is 2. The number of nitrogens with one attached hydrogen (secondary N) is 1. The minimum Gasteiger partial charge on any atom is -0.506 e. The topological polar surface area (TPSA) is 32.3 Å². The third kappa shape index (κ3) is 1.98. The highest BCUT2D eigenvalue weighted by Gasteiger charge is 2.33. The van der Waals surface area contributed by atoms with Gasteiger partial charge in [0.25, 0.3) is 0 Å². The van der Waals surface area contributed by atoms with Crippen molar-refractivity contribution in [1.82, 2.24) is 5.32 Å². The average Bonchev–Trinajstić information content (AvgIpc) is 2.70. The lowest BCUT2D eigenvalue weighted by Crippen LogP contribution is -2.33. The number of phenolic OH excluding ortho intramolecular Hbond substituents is 1. The normalized spacial score (nSPS) is 24.9. The summed E-state index contributed by atoms with van der Waals surface area (Å²) in [6, 6.07) is 4.12. The van der Waals surface area contributed by atoms with Gasteiger partial charge in [-0.05, 0) is 60.3 Å². The van der Waals surface area contributed by atoms with Crippen molar-refractivity contribution in [3.8, 4) is 5.75 Å². The molecule has 2 nitrogen and oxygen atoms in total. The van der Waals surface area contributed by atoms with Gasteiger partial charge in [0.05, 0.1) is 4.47 Å². The third-order valence-corrected chi connectivity index (χ3v) is 4.10. The summed E-state index contributed by atoms with van der Waals surface area (Å²) in [6.45, 7) is 5.33. The summed E-state index contributed by atoms with van der Waals surface area (Å²) in [5.41, 5.74) is 2.21. The number of hydrogen-bond acceptors (Lipinski definition) is 2. The zero-order valence-electron chi connectivity index (χ0n) is 9.81. The Kier molecular flexibility index (Phi) is 3.27. The number of aromatic hydroxyl groups is 1. The van der Waals surface area contributed by atoms with Gasteiger partial charge in [-0.15, -0.1) is 0 Å². The van der Waals surface area contributed by atoms with Crippen LogP contribution in [0.1, 0.15) is 37.8 Å². The van der Waals surface area contributed by atoms with Gasteiger partial charge >= 0.3 is 0 Å². The molecule has 3 heteroatoms. The van der Waals surface area contributed by atoms with E-state index in [1.54, 1.807) is 0 Å². The van der Waals surface area contributed by atoms with Crippen LogP contribution in [0.3, 0.4) is 0 Å². The van der Waals surface area contributed by atoms with Gasteiger partial charge < -0.3 is 10.4 Å². The SMILES string of the molecule is CCc1cc(Br)c(O)c(C2(C)CCCN2)c1. The smallest absolute Gasteiger partial charge is 0.134 e. The van der Waals surface area contributed by atoms with Crippen molar-refractivity contribution >= 4 is 15.9 Å². The molecule has 0 aromatic heterocycles. The second-order valence-electron chi connectivity index (χ2n) is 4.69. The quantitative estimate of drug-likeness (QED) is 0.873. The fourth-order valence-electron chi connectivity index (χ4n) is 2.40. The standard InChI is InChI=1S/C13H18BrNO/c1-3-9-7-10(12(16)11(14)8-9)13(2)5-4-6-15-13/h7-8,15-16H,3-6H2,1-2H3. The lowest BCUT2D eigenvalue weighted by Gasteiger charge is -2.27. The zero-order valence-corrected chi connectivity index (χ0v) is 11.4. The van der Waals surface area contributed by atoms with Gasteiger partial charge in [0.2, 0.25) is 0 Å². The van der Waals surface area contributed by atoms with Crippen LogP contribution in [-0.4, -0.2) is 11.7 Å². The summed E-state index contributed by atoms with van der Waals surface area (Å²) in [6.07, 6.45) is 3.24. The first-order valence-corrected chi connectivity index (χ1v) is 6.63. The summed E-state index contributed by atoms with van der Waals surface area (Å²) < 4.78 is 0.803. The largest absolute Gasteiger partial charge is 0.506 e. The van der Waals surface area contributed by atoms with E-state index in [4.69, 9.17) is 0 Å². The molecule has 1 aromatic rings. The number of halogens is 1. The molecule has 1 fully saturated rings. The number of benzene rings is 1. The van der Waals surface area contributed by atoms with Gasteiger partial charge in [0, 0.05) is 11.1 Å². The molecule has 88 valence electrons. The van der Waals surface area contributed by atoms with Crippen molar-refractivity contribution in [1.29, 1.82) is 0 Å². The van der Waals surface area contributed by atoms with Crippen molar-refractivity contribution in [2.45, 2.75) is 38.6 Å². The van der Waals surface area contributed by atoms with Gasteiger partial charge in [-0.1, -0.05) is 13.0 Å². The monoisotopic (exact) mass is 283 g/mol. The predicted molar refractivity (Wildman–Crippen MR) is 69.8 cm³/mol. The first-order chi connectivity index (χ1) is 7.57. The maximum absolute atomic E-state index is 10.2. The molecular formula is C13H18BrNO. The summed E-state index contributed by atoms with van der Waals surface area (Å²) >= 11 is 3.43. The predicted octanol–water partition coefficient (Wildman–Crippen LogP) is 3.32. The molecule has 1 atom stereocenters. The van der Waals surface area contributed by atoms with E-state index in [2.05, 4.69) is 41.2 Å². The summed E-state index contributed by atoms with van der Waals surface area (Å²) in [4.78, 5) is 0. The maximum atomic E-state index is 10.2. The Morgan fingerprint density at radius 1 is 1.50 bits per heavy atom. The Morgan fingerprint density at radius 3 is 2.81 bits per heavy atom. The van der Waals surface area contributed by atoms with Crippen LogP contribution in [0.4, 0.5) is 0 Å². The lowest BCUT2D eigenvalue weighted by atomic mass is 9.88. The van der Waals surface area contributed by atoms with Crippen molar-refractivity contribution < 1.29 is 5.11 Å². The van der Waals surface area contributed by atoms with Gasteiger partial charge in [-0.25, -0.2) is 0 Å². The molecule has 1 aliphatic rings. The van der Waals surface area contributed by atoms with Crippen LogP contribution in [0.15, 0.2) is 16.6 Å². The van der Waals surface area contributed by atoms with Crippen LogP contribution in [0.25, 0.3) is 0 Å². The highest BCUT2D eigenvalue weighted by atomic mass is 79.9. The molecule has 0 saturated carbocycles. The molecule has 2 rings (SSSR count). The van der Waals surface area contributed by atoms with Crippen LogP contribution >= 0.6 is 15.9 Å². The van der Waals surface area contributed by atoms with E-state index in [1.165, 1.54) is 12.0 Å². The minimum atomic E-state index is -0.0716. The Balaban J connectivity index is 2.50. The molecule has 0 bridgehead atoms. The second kappa shape index (κ2) is 4.38. The molecule has 0 spiro atoms. The molecule has 1 unspecified atom stereocenters. The maximum Gasteiger partial charge on any atom is 0.134 e. The van der Waals surface area contributed by atoms with Crippen LogP contribution < -0.4 is 5.32 Å². The van der Waals surface area contributed by atoms with Crippen molar-refractivity contribution in [3.63, 3.8) is 0 Å². The average molecular weight is 284 g/mol. The summed E-state index contributed by atoms with van der Waals surface area (Å²) in [5, 5.41) is 13.6. The molecular weight excluding hydrogens is 266 g/mol. The minimum absolute atomic E-state index is 0.0716. The van der Waals surface area contributed by atoms with E-state index in [-0.39, 0.29) is 5.54 Å². The molecule has 2 N–H and O–H groups in total. The first-order valence-electron chi connectivity index (χ1n) is 5.84. The van der Waals surface area contributed by atoms with Crippen LogP contribution in [0, 0.1) is 0 Å². The highest BCUT2D eigenvalue weighted by molar-refractivity contribution is 9.10. The molecule has 1 heterocycles. The van der Waals surface area contributed by atoms with Crippen molar-refractivity contribution in [3.05, 3.63) is 27.7 Å². The van der Waals surface area contributed by atoms with E-state index >= 15 is 0 Å². The van der Waals surface area contributed by atoms with Crippen molar-refractivity contribution in [2.24, 2.45) is 0 Å². The van der Waals surface area contributed by atoms with E-state index < -0.39 is 0 Å². The van der Waals surface area contributed by atoms with E-state index in [0.29, 0.717) is 5.75 Å². The number of phenols is 1. The fourth-order valence-corrected chi connectivity index (χ4v) is 2.91. The van der Waals surface area contributed by atoms with Gasteiger partial charge in [0.15, 0.2) is 0 Å². The highest BCUT2D eigenvalue weighted by Crippen LogP contribution is 2.40. The van der Waals surface area contributed by atoms with Gasteiger partial charge in [-0.2, -0.15) is 0 Å².